The molecule has 0 aliphatic carbocycles. The van der Waals surface area contributed by atoms with Gasteiger partial charge in [-0.25, -0.2) is 8.78 Å². The first-order valence-corrected chi connectivity index (χ1v) is 13.1. The summed E-state index contributed by atoms with van der Waals surface area (Å²) in [4.78, 5) is 8.19. The van der Waals surface area contributed by atoms with E-state index in [0.717, 1.165) is 28.5 Å². The molecule has 0 spiro atoms. The zero-order chi connectivity index (χ0) is 30.4. The smallest absolute Gasteiger partial charge is 0.241 e. The fourth-order valence-corrected chi connectivity index (χ4v) is 3.91. The van der Waals surface area contributed by atoms with E-state index >= 15 is 0 Å². The SMILES string of the molecule is Cc1c(C)[n+](C)[c-]n1-c1[c-]ccc(F)c1.Cc1c(C)[n+](C)[c-]n1-c1[c-]ccc(F)c1.Cc1n[n-]c(-c2ccccn2)n1.[Ir]. The molecular weight excluding hydrogens is 727 g/mol. The van der Waals surface area contributed by atoms with Crippen LogP contribution in [0.25, 0.3) is 22.9 Å². The Morgan fingerprint density at radius 2 is 1.28 bits per heavy atom. The van der Waals surface area contributed by atoms with Crippen LogP contribution >= 0.6 is 0 Å². The van der Waals surface area contributed by atoms with Crippen LogP contribution in [0.1, 0.15) is 28.6 Å². The minimum absolute atomic E-state index is 0. The van der Waals surface area contributed by atoms with Crippen molar-refractivity contribution in [2.45, 2.75) is 34.6 Å². The van der Waals surface area contributed by atoms with Crippen molar-refractivity contribution < 1.29 is 38.0 Å². The van der Waals surface area contributed by atoms with Crippen LogP contribution in [0.5, 0.6) is 0 Å². The Labute approximate surface area is 264 Å². The Hall–Kier alpha value is -4.34. The Balaban J connectivity index is 0.000000176. The molecule has 0 saturated carbocycles. The maximum absolute atomic E-state index is 13.0. The second-order valence-electron chi connectivity index (χ2n) is 9.51. The van der Waals surface area contributed by atoms with E-state index < -0.39 is 0 Å². The van der Waals surface area contributed by atoms with Crippen LogP contribution < -0.4 is 14.2 Å². The molecule has 43 heavy (non-hydrogen) atoms. The molecule has 0 saturated heterocycles. The molecule has 0 aliphatic heterocycles. The van der Waals surface area contributed by atoms with Gasteiger partial charge in [-0.1, -0.05) is 17.4 Å². The van der Waals surface area contributed by atoms with Crippen LogP contribution in [-0.2, 0) is 34.2 Å². The van der Waals surface area contributed by atoms with Crippen LogP contribution in [0.3, 0.4) is 0 Å². The number of hydrogen-bond acceptors (Lipinski definition) is 3. The van der Waals surface area contributed by atoms with Gasteiger partial charge in [0.2, 0.25) is 12.7 Å². The van der Waals surface area contributed by atoms with E-state index in [0.29, 0.717) is 23.0 Å². The molecule has 6 rings (SSSR count). The van der Waals surface area contributed by atoms with E-state index in [4.69, 9.17) is 0 Å². The third kappa shape index (κ3) is 8.15. The molecule has 2 aromatic carbocycles. The summed E-state index contributed by atoms with van der Waals surface area (Å²) in [7, 11) is 3.83. The van der Waals surface area contributed by atoms with Gasteiger partial charge in [0.1, 0.15) is 0 Å². The molecule has 0 aliphatic rings. The largest absolute Gasteiger partial charge is 0.421 e. The number of aromatic nitrogens is 8. The summed E-state index contributed by atoms with van der Waals surface area (Å²) in [6.45, 7) is 9.76. The first-order chi connectivity index (χ1) is 20.0. The molecule has 0 N–H and O–H groups in total. The van der Waals surface area contributed by atoms with Crippen molar-refractivity contribution in [1.29, 1.82) is 0 Å². The fourth-order valence-electron chi connectivity index (χ4n) is 3.91. The van der Waals surface area contributed by atoms with Gasteiger partial charge in [-0.15, -0.1) is 24.3 Å². The Bertz CT molecular complexity index is 1700. The van der Waals surface area contributed by atoms with Crippen molar-refractivity contribution in [3.05, 3.63) is 126 Å². The van der Waals surface area contributed by atoms with Crippen molar-refractivity contribution in [2.24, 2.45) is 14.1 Å². The molecule has 225 valence electrons. The number of hydrogen-bond donors (Lipinski definition) is 0. The molecule has 0 atom stereocenters. The first-order valence-electron chi connectivity index (χ1n) is 13.1. The Kier molecular flexibility index (Phi) is 11.3. The third-order valence-electron chi connectivity index (χ3n) is 6.65. The topological polar surface area (TPSA) is 70.4 Å². The van der Waals surface area contributed by atoms with Crippen molar-refractivity contribution in [1.82, 2.24) is 29.3 Å². The number of rotatable bonds is 3. The zero-order valence-electron chi connectivity index (χ0n) is 24.9. The van der Waals surface area contributed by atoms with Crippen molar-refractivity contribution in [3.63, 3.8) is 0 Å². The zero-order valence-corrected chi connectivity index (χ0v) is 27.3. The molecule has 6 aromatic rings. The molecule has 4 heterocycles. The van der Waals surface area contributed by atoms with Gasteiger partial charge in [0.15, 0.2) is 0 Å². The van der Waals surface area contributed by atoms with Gasteiger partial charge in [0, 0.05) is 66.5 Å². The summed E-state index contributed by atoms with van der Waals surface area (Å²) in [5.41, 5.74) is 6.41. The van der Waals surface area contributed by atoms with Crippen molar-refractivity contribution >= 4 is 0 Å². The number of pyridine rings is 1. The van der Waals surface area contributed by atoms with Gasteiger partial charge in [-0.3, -0.25) is 10.1 Å². The predicted octanol–water partition coefficient (Wildman–Crippen LogP) is 4.12. The number of halogens is 2. The number of imidazole rings is 2. The average Bonchev–Trinajstić information content (AvgIpc) is 3.62. The van der Waals surface area contributed by atoms with Crippen LogP contribution in [-0.4, -0.2) is 24.2 Å². The Morgan fingerprint density at radius 1 is 0.767 bits per heavy atom. The standard InChI is InChI=1S/2C12H12FN2.C8H7N4.Ir/c2*1-9-10(2)15(8-14(9)3)12-6-4-5-11(13)7-12;1-6-10-8(12-11-6)7-4-2-3-5-9-7;/h2*4-5,7H,1-3H3;2-5H,1H3;/q3*-1;. The van der Waals surface area contributed by atoms with Gasteiger partial charge in [-0.2, -0.15) is 24.3 Å². The van der Waals surface area contributed by atoms with Gasteiger partial charge >= 0.3 is 0 Å². The van der Waals surface area contributed by atoms with Crippen LogP contribution in [0.2, 0.25) is 0 Å². The second kappa shape index (κ2) is 14.7. The minimum Gasteiger partial charge on any atom is -0.421 e. The van der Waals surface area contributed by atoms with Gasteiger partial charge in [0.05, 0.1) is 19.8 Å². The fraction of sp³-hybridized carbons (Fsp3) is 0.219. The van der Waals surface area contributed by atoms with E-state index in [1.54, 1.807) is 34.4 Å². The third-order valence-corrected chi connectivity index (χ3v) is 6.65. The first kappa shape index (κ1) is 33.2. The molecule has 8 nitrogen and oxygen atoms in total. The van der Waals surface area contributed by atoms with Crippen LogP contribution in [0.15, 0.2) is 60.8 Å². The summed E-state index contributed by atoms with van der Waals surface area (Å²) >= 11 is 0. The maximum atomic E-state index is 13.0. The molecule has 0 fully saturated rings. The number of benzene rings is 2. The van der Waals surface area contributed by atoms with E-state index in [1.807, 2.05) is 69.1 Å². The summed E-state index contributed by atoms with van der Waals surface area (Å²) in [6, 6.07) is 20.4. The molecule has 0 amide bonds. The average molecular weight is 758 g/mol. The molecule has 11 heteroatoms. The number of aryl methyl sites for hydroxylation is 3. The molecule has 1 radical (unpaired) electrons. The molecule has 0 bridgehead atoms. The van der Waals surface area contributed by atoms with Gasteiger partial charge < -0.3 is 28.4 Å². The summed E-state index contributed by atoms with van der Waals surface area (Å²) < 4.78 is 33.4. The minimum atomic E-state index is -0.259. The van der Waals surface area contributed by atoms with Gasteiger partial charge in [-0.05, 0) is 52.6 Å². The van der Waals surface area contributed by atoms with E-state index in [-0.39, 0.29) is 31.7 Å². The monoisotopic (exact) mass is 758 g/mol. The van der Waals surface area contributed by atoms with Gasteiger partial charge in [0.25, 0.3) is 0 Å². The second-order valence-corrected chi connectivity index (χ2v) is 9.51. The predicted molar refractivity (Wildman–Crippen MR) is 151 cm³/mol. The van der Waals surface area contributed by atoms with Crippen molar-refractivity contribution in [3.8, 4) is 22.9 Å². The van der Waals surface area contributed by atoms with E-state index in [9.17, 15) is 8.78 Å². The summed E-state index contributed by atoms with van der Waals surface area (Å²) in [5, 5.41) is 7.65. The molecular formula is C32H31F2IrN8-3. The summed E-state index contributed by atoms with van der Waals surface area (Å²) in [5.74, 6) is 0.750. The van der Waals surface area contributed by atoms with Crippen LogP contribution in [0, 0.1) is 71.0 Å². The molecule has 0 unspecified atom stereocenters. The number of nitrogens with zero attached hydrogens (tertiary/aromatic N) is 8. The van der Waals surface area contributed by atoms with E-state index in [2.05, 4.69) is 45.0 Å². The normalized spacial score (nSPS) is 10.3. The summed E-state index contributed by atoms with van der Waals surface area (Å²) in [6.07, 6.45) is 7.89. The van der Waals surface area contributed by atoms with E-state index in [1.165, 1.54) is 24.3 Å². The van der Waals surface area contributed by atoms with Crippen LogP contribution in [0.4, 0.5) is 8.78 Å². The van der Waals surface area contributed by atoms with Crippen molar-refractivity contribution in [2.75, 3.05) is 0 Å². The maximum Gasteiger partial charge on any atom is 0.241 e. The molecule has 4 aromatic heterocycles. The quantitative estimate of drug-likeness (QED) is 0.202. The Morgan fingerprint density at radius 3 is 1.63 bits per heavy atom.